The van der Waals surface area contributed by atoms with Gasteiger partial charge in [0.05, 0.1) is 7.11 Å². The highest BCUT2D eigenvalue weighted by molar-refractivity contribution is 5.96. The van der Waals surface area contributed by atoms with Crippen LogP contribution in [0.3, 0.4) is 0 Å². The highest BCUT2D eigenvalue weighted by Gasteiger charge is 2.24. The van der Waals surface area contributed by atoms with Gasteiger partial charge in [-0.25, -0.2) is 4.98 Å². The molecule has 1 aliphatic heterocycles. The zero-order valence-electron chi connectivity index (χ0n) is 14.5. The van der Waals surface area contributed by atoms with Crippen LogP contribution in [0.4, 0.5) is 5.82 Å². The van der Waals surface area contributed by atoms with Crippen molar-refractivity contribution in [3.8, 4) is 5.75 Å². The Bertz CT molecular complexity index is 723. The molecular formula is C19H23N3O2. The van der Waals surface area contributed by atoms with Crippen molar-refractivity contribution in [2.24, 2.45) is 0 Å². The first-order valence-electron chi connectivity index (χ1n) is 8.21. The van der Waals surface area contributed by atoms with Crippen molar-refractivity contribution in [3.05, 3.63) is 53.2 Å². The molecule has 2 heterocycles. The van der Waals surface area contributed by atoms with Crippen LogP contribution in [0.15, 0.2) is 36.5 Å². The minimum absolute atomic E-state index is 0.0962. The summed E-state index contributed by atoms with van der Waals surface area (Å²) in [4.78, 5) is 21.4. The van der Waals surface area contributed by atoms with E-state index in [0.29, 0.717) is 13.1 Å². The summed E-state index contributed by atoms with van der Waals surface area (Å²) < 4.78 is 5.33. The maximum Gasteiger partial charge on any atom is 0.254 e. The Morgan fingerprint density at radius 1 is 1.04 bits per heavy atom. The molecule has 2 aromatic rings. The number of nitrogens with zero attached hydrogens (tertiary/aromatic N) is 3. The Kier molecular flexibility index (Phi) is 4.69. The molecule has 1 aromatic carbocycles. The third kappa shape index (κ3) is 3.07. The number of carbonyl (C=O) groups excluding carboxylic acids is 1. The van der Waals surface area contributed by atoms with E-state index in [9.17, 15) is 4.79 Å². The van der Waals surface area contributed by atoms with Crippen LogP contribution < -0.4 is 9.64 Å². The van der Waals surface area contributed by atoms with Crippen LogP contribution >= 0.6 is 0 Å². The Morgan fingerprint density at radius 3 is 2.42 bits per heavy atom. The van der Waals surface area contributed by atoms with Gasteiger partial charge in [-0.1, -0.05) is 6.07 Å². The molecule has 0 spiro atoms. The smallest absolute Gasteiger partial charge is 0.254 e. The highest BCUT2D eigenvalue weighted by Crippen LogP contribution is 2.25. The lowest BCUT2D eigenvalue weighted by atomic mass is 10.0. The highest BCUT2D eigenvalue weighted by atomic mass is 16.5. The number of ether oxygens (including phenoxy) is 1. The van der Waals surface area contributed by atoms with Gasteiger partial charge < -0.3 is 14.5 Å². The number of aromatic nitrogens is 1. The average Bonchev–Trinajstić information content (AvgIpc) is 2.64. The molecule has 1 amide bonds. The molecule has 0 bridgehead atoms. The van der Waals surface area contributed by atoms with E-state index >= 15 is 0 Å². The maximum atomic E-state index is 12.9. The summed E-state index contributed by atoms with van der Waals surface area (Å²) in [6.07, 6.45) is 1.80. The Morgan fingerprint density at radius 2 is 1.79 bits per heavy atom. The molecule has 0 N–H and O–H groups in total. The summed E-state index contributed by atoms with van der Waals surface area (Å²) in [7, 11) is 1.65. The fraction of sp³-hybridized carbons (Fsp3) is 0.368. The van der Waals surface area contributed by atoms with Crippen LogP contribution in [0.2, 0.25) is 0 Å². The largest absolute Gasteiger partial charge is 0.496 e. The van der Waals surface area contributed by atoms with Crippen LogP contribution in [0.1, 0.15) is 21.5 Å². The van der Waals surface area contributed by atoms with Crippen molar-refractivity contribution in [2.75, 3.05) is 38.2 Å². The Hall–Kier alpha value is -2.56. The number of anilines is 1. The third-order valence-corrected chi connectivity index (χ3v) is 4.73. The van der Waals surface area contributed by atoms with Gasteiger partial charge in [-0.05, 0) is 49.2 Å². The molecule has 0 atom stereocenters. The summed E-state index contributed by atoms with van der Waals surface area (Å²) in [5, 5.41) is 0. The molecular weight excluding hydrogens is 302 g/mol. The van der Waals surface area contributed by atoms with Crippen LogP contribution in [0.5, 0.6) is 5.75 Å². The zero-order chi connectivity index (χ0) is 17.1. The number of hydrogen-bond acceptors (Lipinski definition) is 4. The molecule has 0 radical (unpaired) electrons. The molecule has 3 rings (SSSR count). The summed E-state index contributed by atoms with van der Waals surface area (Å²) in [5.74, 6) is 1.89. The van der Waals surface area contributed by atoms with Crippen molar-refractivity contribution in [3.63, 3.8) is 0 Å². The SMILES string of the molecule is COc1ccc(C(=O)N2CCN(c3ccccn3)CC2)c(C)c1C. The Balaban J connectivity index is 1.71. The first kappa shape index (κ1) is 16.3. The first-order chi connectivity index (χ1) is 11.6. The van der Waals surface area contributed by atoms with Gasteiger partial charge in [0.1, 0.15) is 11.6 Å². The molecule has 24 heavy (non-hydrogen) atoms. The van der Waals surface area contributed by atoms with Gasteiger partial charge in [-0.3, -0.25) is 4.79 Å². The summed E-state index contributed by atoms with van der Waals surface area (Å²) in [5.41, 5.74) is 2.78. The number of amides is 1. The number of hydrogen-bond donors (Lipinski definition) is 0. The van der Waals surface area contributed by atoms with Crippen LogP contribution in [0, 0.1) is 13.8 Å². The molecule has 1 aliphatic rings. The van der Waals surface area contributed by atoms with Crippen LogP contribution in [-0.2, 0) is 0 Å². The second-order valence-electron chi connectivity index (χ2n) is 6.03. The van der Waals surface area contributed by atoms with E-state index in [0.717, 1.165) is 41.3 Å². The van der Waals surface area contributed by atoms with Gasteiger partial charge in [-0.15, -0.1) is 0 Å². The maximum absolute atomic E-state index is 12.9. The number of rotatable bonds is 3. The van der Waals surface area contributed by atoms with Gasteiger partial charge in [0.25, 0.3) is 5.91 Å². The second-order valence-corrected chi connectivity index (χ2v) is 6.03. The second kappa shape index (κ2) is 6.91. The molecule has 126 valence electrons. The van der Waals surface area contributed by atoms with Crippen LogP contribution in [-0.4, -0.2) is 49.1 Å². The summed E-state index contributed by atoms with van der Waals surface area (Å²) >= 11 is 0. The monoisotopic (exact) mass is 325 g/mol. The van der Waals surface area contributed by atoms with Gasteiger partial charge in [0, 0.05) is 37.9 Å². The third-order valence-electron chi connectivity index (χ3n) is 4.73. The molecule has 1 fully saturated rings. The molecule has 1 saturated heterocycles. The predicted octanol–water partition coefficient (Wildman–Crippen LogP) is 2.67. The quantitative estimate of drug-likeness (QED) is 0.870. The van der Waals surface area contributed by atoms with E-state index < -0.39 is 0 Å². The first-order valence-corrected chi connectivity index (χ1v) is 8.21. The summed E-state index contributed by atoms with van der Waals surface area (Å²) in [6.45, 7) is 6.99. The van der Waals surface area contributed by atoms with Crippen molar-refractivity contribution in [2.45, 2.75) is 13.8 Å². The van der Waals surface area contributed by atoms with E-state index in [1.54, 1.807) is 13.3 Å². The minimum atomic E-state index is 0.0962. The molecule has 0 unspecified atom stereocenters. The van der Waals surface area contributed by atoms with E-state index in [2.05, 4.69) is 9.88 Å². The average molecular weight is 325 g/mol. The van der Waals surface area contributed by atoms with Gasteiger partial charge in [0.2, 0.25) is 0 Å². The van der Waals surface area contributed by atoms with E-state index in [1.165, 1.54) is 0 Å². The number of carbonyl (C=O) groups is 1. The molecule has 5 heteroatoms. The van der Waals surface area contributed by atoms with Crippen molar-refractivity contribution >= 4 is 11.7 Å². The Labute approximate surface area is 142 Å². The molecule has 1 aromatic heterocycles. The molecule has 5 nitrogen and oxygen atoms in total. The van der Waals surface area contributed by atoms with Gasteiger partial charge in [0.15, 0.2) is 0 Å². The molecule has 0 saturated carbocycles. The van der Waals surface area contributed by atoms with E-state index in [4.69, 9.17) is 4.74 Å². The normalized spacial score (nSPS) is 14.6. The molecule has 0 aliphatic carbocycles. The topological polar surface area (TPSA) is 45.7 Å². The lowest BCUT2D eigenvalue weighted by molar-refractivity contribution is 0.0745. The standard InChI is InChI=1S/C19H23N3O2/c1-14-15(2)17(24-3)8-7-16(14)19(23)22-12-10-21(11-13-22)18-6-4-5-9-20-18/h4-9H,10-13H2,1-3H3. The minimum Gasteiger partial charge on any atom is -0.496 e. The van der Waals surface area contributed by atoms with Gasteiger partial charge in [-0.2, -0.15) is 0 Å². The number of pyridine rings is 1. The van der Waals surface area contributed by atoms with Crippen molar-refractivity contribution in [1.29, 1.82) is 0 Å². The fourth-order valence-corrected chi connectivity index (χ4v) is 3.10. The lowest BCUT2D eigenvalue weighted by Crippen LogP contribution is -2.49. The van der Waals surface area contributed by atoms with E-state index in [1.807, 2.05) is 49.1 Å². The van der Waals surface area contributed by atoms with E-state index in [-0.39, 0.29) is 5.91 Å². The van der Waals surface area contributed by atoms with Crippen LogP contribution in [0.25, 0.3) is 0 Å². The van der Waals surface area contributed by atoms with Crippen molar-refractivity contribution < 1.29 is 9.53 Å². The lowest BCUT2D eigenvalue weighted by Gasteiger charge is -2.35. The predicted molar refractivity (Wildman–Crippen MR) is 94.8 cm³/mol. The number of piperazine rings is 1. The van der Waals surface area contributed by atoms with Gasteiger partial charge >= 0.3 is 0 Å². The number of benzene rings is 1. The zero-order valence-corrected chi connectivity index (χ0v) is 14.5. The summed E-state index contributed by atoms with van der Waals surface area (Å²) in [6, 6.07) is 9.66. The van der Waals surface area contributed by atoms with Crippen molar-refractivity contribution in [1.82, 2.24) is 9.88 Å². The fourth-order valence-electron chi connectivity index (χ4n) is 3.10. The number of methoxy groups -OCH3 is 1.